The quantitative estimate of drug-likeness (QED) is 0.841. The van der Waals surface area contributed by atoms with Crippen LogP contribution in [0.5, 0.6) is 0 Å². The lowest BCUT2D eigenvalue weighted by Crippen LogP contribution is -2.46. The molecular formula is C12H13F2NO3S. The molecular weight excluding hydrogens is 276 g/mol. The van der Waals surface area contributed by atoms with Crippen molar-refractivity contribution in [3.63, 3.8) is 0 Å². The summed E-state index contributed by atoms with van der Waals surface area (Å²) in [6.45, 7) is 0.250. The maximum atomic E-state index is 13.4. The zero-order valence-electron chi connectivity index (χ0n) is 10.0. The molecule has 0 bridgehead atoms. The smallest absolute Gasteiger partial charge is 0.170 e. The first-order valence-electron chi connectivity index (χ1n) is 5.80. The highest BCUT2D eigenvalue weighted by Gasteiger charge is 2.28. The summed E-state index contributed by atoms with van der Waals surface area (Å²) < 4.78 is 49.6. The Bertz CT molecular complexity index is 581. The number of benzene rings is 1. The van der Waals surface area contributed by atoms with Gasteiger partial charge < -0.3 is 5.32 Å². The lowest BCUT2D eigenvalue weighted by atomic mass is 10.0. The van der Waals surface area contributed by atoms with Gasteiger partial charge in [-0.1, -0.05) is 6.07 Å². The first-order chi connectivity index (χ1) is 8.89. The lowest BCUT2D eigenvalue weighted by molar-refractivity contribution is 0.0963. The fourth-order valence-electron chi connectivity index (χ4n) is 2.09. The van der Waals surface area contributed by atoms with Gasteiger partial charge in [0.25, 0.3) is 0 Å². The van der Waals surface area contributed by atoms with Crippen LogP contribution in [0.4, 0.5) is 8.78 Å². The third kappa shape index (κ3) is 3.36. The Balaban J connectivity index is 2.13. The normalized spacial score (nSPS) is 22.1. The van der Waals surface area contributed by atoms with Crippen molar-refractivity contribution in [3.8, 4) is 0 Å². The topological polar surface area (TPSA) is 63.2 Å². The summed E-state index contributed by atoms with van der Waals surface area (Å²) >= 11 is 0. The number of nitrogens with one attached hydrogen (secondary N) is 1. The summed E-state index contributed by atoms with van der Waals surface area (Å²) in [6.07, 6.45) is -0.239. The van der Waals surface area contributed by atoms with Crippen LogP contribution in [0.2, 0.25) is 0 Å². The largest absolute Gasteiger partial charge is 0.312 e. The standard InChI is InChI=1S/C12H13F2NO3S/c13-9-2-1-3-10(14)12(9)11(16)6-8-7-19(17,18)5-4-15-8/h1-3,8,15H,4-7H2. The monoisotopic (exact) mass is 289 g/mol. The van der Waals surface area contributed by atoms with Gasteiger partial charge in [0.15, 0.2) is 15.6 Å². The molecule has 1 aliphatic rings. The van der Waals surface area contributed by atoms with Crippen LogP contribution < -0.4 is 5.32 Å². The molecule has 0 spiro atoms. The molecule has 0 aromatic heterocycles. The highest BCUT2D eigenvalue weighted by molar-refractivity contribution is 7.91. The third-order valence-corrected chi connectivity index (χ3v) is 4.71. The van der Waals surface area contributed by atoms with E-state index in [0.29, 0.717) is 0 Å². The first kappa shape index (κ1) is 14.1. The predicted molar refractivity (Wildman–Crippen MR) is 65.8 cm³/mol. The molecule has 1 aliphatic heterocycles. The van der Waals surface area contributed by atoms with Crippen molar-refractivity contribution in [3.05, 3.63) is 35.4 Å². The fourth-order valence-corrected chi connectivity index (χ4v) is 3.53. The van der Waals surface area contributed by atoms with Gasteiger partial charge in [-0.15, -0.1) is 0 Å². The zero-order valence-corrected chi connectivity index (χ0v) is 10.8. The molecule has 1 heterocycles. The molecule has 104 valence electrons. The number of rotatable bonds is 3. The van der Waals surface area contributed by atoms with Crippen LogP contribution in [0.15, 0.2) is 18.2 Å². The van der Waals surface area contributed by atoms with Crippen LogP contribution in [0.25, 0.3) is 0 Å². The number of hydrogen-bond donors (Lipinski definition) is 1. The van der Waals surface area contributed by atoms with Gasteiger partial charge in [-0.25, -0.2) is 17.2 Å². The molecule has 1 atom stereocenters. The summed E-state index contributed by atoms with van der Waals surface area (Å²) in [5, 5.41) is 2.87. The lowest BCUT2D eigenvalue weighted by Gasteiger charge is -2.23. The third-order valence-electron chi connectivity index (χ3n) is 2.97. The van der Waals surface area contributed by atoms with Gasteiger partial charge in [0.2, 0.25) is 0 Å². The number of carbonyl (C=O) groups excluding carboxylic acids is 1. The van der Waals surface area contributed by atoms with Crippen LogP contribution in [-0.2, 0) is 9.84 Å². The van der Waals surface area contributed by atoms with Crippen molar-refractivity contribution in [1.29, 1.82) is 0 Å². The molecule has 1 aromatic rings. The van der Waals surface area contributed by atoms with E-state index in [4.69, 9.17) is 0 Å². The summed E-state index contributed by atoms with van der Waals surface area (Å²) in [5.74, 6) is -2.75. The second-order valence-electron chi connectivity index (χ2n) is 4.49. The SMILES string of the molecule is O=C(CC1CS(=O)(=O)CCN1)c1c(F)cccc1F. The molecule has 0 radical (unpaired) electrons. The number of halogens is 2. The van der Waals surface area contributed by atoms with Crippen molar-refractivity contribution in [2.45, 2.75) is 12.5 Å². The van der Waals surface area contributed by atoms with Gasteiger partial charge in [0.1, 0.15) is 11.6 Å². The van der Waals surface area contributed by atoms with Crippen molar-refractivity contribution >= 4 is 15.6 Å². The van der Waals surface area contributed by atoms with E-state index in [1.54, 1.807) is 0 Å². The molecule has 1 aromatic carbocycles. The van der Waals surface area contributed by atoms with Gasteiger partial charge in [-0.3, -0.25) is 4.79 Å². The highest BCUT2D eigenvalue weighted by Crippen LogP contribution is 2.16. The highest BCUT2D eigenvalue weighted by atomic mass is 32.2. The minimum absolute atomic E-state index is 0.0196. The molecule has 1 unspecified atom stereocenters. The molecule has 7 heteroatoms. The number of ketones is 1. The number of hydrogen-bond acceptors (Lipinski definition) is 4. The Morgan fingerprint density at radius 3 is 2.53 bits per heavy atom. The van der Waals surface area contributed by atoms with Gasteiger partial charge in [0, 0.05) is 19.0 Å². The van der Waals surface area contributed by atoms with Crippen LogP contribution >= 0.6 is 0 Å². The minimum Gasteiger partial charge on any atom is -0.312 e. The molecule has 1 fully saturated rings. The van der Waals surface area contributed by atoms with Gasteiger partial charge in [-0.05, 0) is 12.1 Å². The first-order valence-corrected chi connectivity index (χ1v) is 7.62. The Hall–Kier alpha value is -1.34. The molecule has 0 saturated carbocycles. The van der Waals surface area contributed by atoms with Gasteiger partial charge in [0.05, 0.1) is 17.1 Å². The average Bonchev–Trinajstić information content (AvgIpc) is 2.27. The van der Waals surface area contributed by atoms with E-state index >= 15 is 0 Å². The Morgan fingerprint density at radius 1 is 1.32 bits per heavy atom. The molecule has 19 heavy (non-hydrogen) atoms. The zero-order chi connectivity index (χ0) is 14.0. The van der Waals surface area contributed by atoms with Crippen molar-refractivity contribution in [2.75, 3.05) is 18.1 Å². The van der Waals surface area contributed by atoms with E-state index in [2.05, 4.69) is 5.32 Å². The number of carbonyl (C=O) groups is 1. The number of Topliss-reactive ketones (excluding diaryl/α,β-unsaturated/α-hetero) is 1. The minimum atomic E-state index is -3.18. The summed E-state index contributed by atoms with van der Waals surface area (Å²) in [4.78, 5) is 11.9. The van der Waals surface area contributed by atoms with E-state index in [1.165, 1.54) is 6.07 Å². The van der Waals surface area contributed by atoms with E-state index in [1.807, 2.05) is 0 Å². The second kappa shape index (κ2) is 5.34. The average molecular weight is 289 g/mol. The van der Waals surface area contributed by atoms with E-state index in [9.17, 15) is 22.0 Å². The summed E-state index contributed by atoms with van der Waals surface area (Å²) in [6, 6.07) is 2.58. The van der Waals surface area contributed by atoms with Crippen LogP contribution in [0, 0.1) is 11.6 Å². The van der Waals surface area contributed by atoms with Crippen LogP contribution in [0.3, 0.4) is 0 Å². The molecule has 0 amide bonds. The van der Waals surface area contributed by atoms with Crippen molar-refractivity contribution in [1.82, 2.24) is 5.32 Å². The molecule has 2 rings (SSSR count). The Labute approximate surface area is 109 Å². The fraction of sp³-hybridized carbons (Fsp3) is 0.417. The molecule has 1 N–H and O–H groups in total. The molecule has 1 saturated heterocycles. The number of sulfone groups is 1. The van der Waals surface area contributed by atoms with E-state index in [0.717, 1.165) is 12.1 Å². The molecule has 0 aliphatic carbocycles. The summed E-state index contributed by atoms with van der Waals surface area (Å²) in [5.41, 5.74) is -0.604. The summed E-state index contributed by atoms with van der Waals surface area (Å²) in [7, 11) is -3.18. The maximum absolute atomic E-state index is 13.4. The van der Waals surface area contributed by atoms with E-state index < -0.39 is 38.9 Å². The van der Waals surface area contributed by atoms with Crippen molar-refractivity contribution in [2.24, 2.45) is 0 Å². The Kier molecular flexibility index (Phi) is 3.96. The van der Waals surface area contributed by atoms with Gasteiger partial charge in [-0.2, -0.15) is 0 Å². The second-order valence-corrected chi connectivity index (χ2v) is 6.72. The van der Waals surface area contributed by atoms with Crippen LogP contribution in [-0.4, -0.2) is 38.3 Å². The van der Waals surface area contributed by atoms with Crippen LogP contribution in [0.1, 0.15) is 16.8 Å². The molecule has 4 nitrogen and oxygen atoms in total. The van der Waals surface area contributed by atoms with Crippen molar-refractivity contribution < 1.29 is 22.0 Å². The van der Waals surface area contributed by atoms with Gasteiger partial charge >= 0.3 is 0 Å². The maximum Gasteiger partial charge on any atom is 0.170 e. The van der Waals surface area contributed by atoms with E-state index in [-0.39, 0.29) is 24.5 Å². The Morgan fingerprint density at radius 2 is 1.95 bits per heavy atom. The predicted octanol–water partition coefficient (Wildman–Crippen LogP) is 0.924.